The Labute approximate surface area is 86.2 Å². The van der Waals surface area contributed by atoms with Crippen LogP contribution in [0.15, 0.2) is 35.3 Å². The van der Waals surface area contributed by atoms with Crippen LogP contribution in [-0.4, -0.2) is 22.0 Å². The van der Waals surface area contributed by atoms with Crippen molar-refractivity contribution in [1.82, 2.24) is 15.0 Å². The van der Waals surface area contributed by atoms with E-state index in [0.717, 1.165) is 0 Å². The molecule has 2 rings (SSSR count). The van der Waals surface area contributed by atoms with Crippen molar-refractivity contribution in [2.75, 3.05) is 12.4 Å². The van der Waals surface area contributed by atoms with Crippen molar-refractivity contribution < 1.29 is 0 Å². The summed E-state index contributed by atoms with van der Waals surface area (Å²) in [4.78, 5) is 22.2. The molecule has 0 spiro atoms. The third-order valence-corrected chi connectivity index (χ3v) is 1.91. The molecule has 2 heterocycles. The first-order valence-corrected chi connectivity index (χ1v) is 4.50. The van der Waals surface area contributed by atoms with Gasteiger partial charge in [-0.1, -0.05) is 6.07 Å². The topological polar surface area (TPSA) is 70.7 Å². The molecule has 15 heavy (non-hydrogen) atoms. The van der Waals surface area contributed by atoms with Crippen LogP contribution in [0.4, 0.5) is 5.95 Å². The number of anilines is 1. The zero-order chi connectivity index (χ0) is 10.7. The summed E-state index contributed by atoms with van der Waals surface area (Å²) in [5.41, 5.74) is 1.04. The van der Waals surface area contributed by atoms with Crippen LogP contribution in [0.2, 0.25) is 0 Å². The molecule has 76 valence electrons. The fraction of sp³-hybridized carbons (Fsp3) is 0.100. The summed E-state index contributed by atoms with van der Waals surface area (Å²) in [5.74, 6) is 0.433. The number of aromatic nitrogens is 3. The van der Waals surface area contributed by atoms with E-state index in [9.17, 15) is 4.79 Å². The maximum absolute atomic E-state index is 11.3. The highest BCUT2D eigenvalue weighted by Crippen LogP contribution is 2.11. The van der Waals surface area contributed by atoms with Gasteiger partial charge in [0.05, 0.1) is 11.4 Å². The fourth-order valence-corrected chi connectivity index (χ4v) is 1.22. The van der Waals surface area contributed by atoms with Crippen LogP contribution >= 0.6 is 0 Å². The van der Waals surface area contributed by atoms with E-state index in [2.05, 4.69) is 20.3 Å². The molecule has 2 aromatic rings. The lowest BCUT2D eigenvalue weighted by atomic mass is 10.2. The van der Waals surface area contributed by atoms with Gasteiger partial charge in [0.2, 0.25) is 5.95 Å². The Morgan fingerprint density at radius 2 is 2.20 bits per heavy atom. The van der Waals surface area contributed by atoms with Crippen LogP contribution in [0.3, 0.4) is 0 Å². The SMILES string of the molecule is CNc1nc(-c2ccccn2)cc(=O)[nH]1. The van der Waals surface area contributed by atoms with Gasteiger partial charge in [0.15, 0.2) is 0 Å². The molecular weight excluding hydrogens is 192 g/mol. The zero-order valence-electron chi connectivity index (χ0n) is 8.19. The maximum Gasteiger partial charge on any atom is 0.252 e. The fourth-order valence-electron chi connectivity index (χ4n) is 1.22. The molecule has 2 N–H and O–H groups in total. The van der Waals surface area contributed by atoms with Crippen LogP contribution in [0, 0.1) is 0 Å². The summed E-state index contributed by atoms with van der Waals surface area (Å²) in [7, 11) is 1.69. The van der Waals surface area contributed by atoms with Gasteiger partial charge in [-0.3, -0.25) is 14.8 Å². The van der Waals surface area contributed by atoms with Crippen molar-refractivity contribution in [1.29, 1.82) is 0 Å². The van der Waals surface area contributed by atoms with E-state index in [0.29, 0.717) is 17.3 Å². The average molecular weight is 202 g/mol. The van der Waals surface area contributed by atoms with Gasteiger partial charge < -0.3 is 5.32 Å². The molecule has 0 atom stereocenters. The molecule has 0 aromatic carbocycles. The molecule has 0 aliphatic rings. The summed E-state index contributed by atoms with van der Waals surface area (Å²) in [6, 6.07) is 6.89. The predicted octanol–water partition coefficient (Wildman–Crippen LogP) is 0.874. The number of H-pyrrole nitrogens is 1. The van der Waals surface area contributed by atoms with Gasteiger partial charge >= 0.3 is 0 Å². The molecule has 0 saturated heterocycles. The Morgan fingerprint density at radius 3 is 2.87 bits per heavy atom. The first-order valence-electron chi connectivity index (χ1n) is 4.50. The molecule has 0 unspecified atom stereocenters. The molecule has 0 aliphatic heterocycles. The quantitative estimate of drug-likeness (QED) is 0.758. The van der Waals surface area contributed by atoms with Crippen molar-refractivity contribution in [3.05, 3.63) is 40.8 Å². The van der Waals surface area contributed by atoms with Crippen LogP contribution in [-0.2, 0) is 0 Å². The lowest BCUT2D eigenvalue weighted by molar-refractivity contribution is 1.10. The smallest absolute Gasteiger partial charge is 0.252 e. The second kappa shape index (κ2) is 3.91. The monoisotopic (exact) mass is 202 g/mol. The Hall–Kier alpha value is -2.17. The Balaban J connectivity index is 2.54. The van der Waals surface area contributed by atoms with Gasteiger partial charge in [0.1, 0.15) is 0 Å². The van der Waals surface area contributed by atoms with Crippen LogP contribution < -0.4 is 10.9 Å². The minimum Gasteiger partial charge on any atom is -0.359 e. The number of nitrogens with one attached hydrogen (secondary N) is 2. The number of pyridine rings is 1. The van der Waals surface area contributed by atoms with Crippen molar-refractivity contribution >= 4 is 5.95 Å². The third-order valence-electron chi connectivity index (χ3n) is 1.91. The second-order valence-electron chi connectivity index (χ2n) is 2.94. The highest BCUT2D eigenvalue weighted by Gasteiger charge is 2.02. The van der Waals surface area contributed by atoms with E-state index < -0.39 is 0 Å². The van der Waals surface area contributed by atoms with Crippen molar-refractivity contribution in [2.45, 2.75) is 0 Å². The van der Waals surface area contributed by atoms with Gasteiger partial charge in [-0.05, 0) is 12.1 Å². The lowest BCUT2D eigenvalue weighted by Crippen LogP contribution is -2.10. The average Bonchev–Trinajstić information content (AvgIpc) is 2.29. The van der Waals surface area contributed by atoms with Gasteiger partial charge in [-0.15, -0.1) is 0 Å². The summed E-state index contributed by atoms with van der Waals surface area (Å²) >= 11 is 0. The molecule has 0 radical (unpaired) electrons. The summed E-state index contributed by atoms with van der Waals surface area (Å²) in [6.07, 6.45) is 1.66. The normalized spacial score (nSPS) is 9.93. The molecule has 0 amide bonds. The van der Waals surface area contributed by atoms with E-state index in [-0.39, 0.29) is 5.56 Å². The second-order valence-corrected chi connectivity index (χ2v) is 2.94. The minimum atomic E-state index is -0.199. The third kappa shape index (κ3) is 2.01. The van der Waals surface area contributed by atoms with Gasteiger partial charge in [-0.2, -0.15) is 0 Å². The highest BCUT2D eigenvalue weighted by molar-refractivity contribution is 5.54. The molecule has 0 bridgehead atoms. The van der Waals surface area contributed by atoms with Crippen LogP contribution in [0.5, 0.6) is 0 Å². The van der Waals surface area contributed by atoms with Crippen molar-refractivity contribution in [3.63, 3.8) is 0 Å². The van der Waals surface area contributed by atoms with Crippen molar-refractivity contribution in [3.8, 4) is 11.4 Å². The largest absolute Gasteiger partial charge is 0.359 e. The Morgan fingerprint density at radius 1 is 1.33 bits per heavy atom. The molecule has 2 aromatic heterocycles. The lowest BCUT2D eigenvalue weighted by Gasteiger charge is -2.02. The first kappa shape index (κ1) is 9.39. The van der Waals surface area contributed by atoms with Gasteiger partial charge in [0, 0.05) is 19.3 Å². The van der Waals surface area contributed by atoms with Crippen molar-refractivity contribution in [2.24, 2.45) is 0 Å². The van der Waals surface area contributed by atoms with E-state index in [1.165, 1.54) is 6.07 Å². The molecular formula is C10H10N4O. The van der Waals surface area contributed by atoms with Gasteiger partial charge in [0.25, 0.3) is 5.56 Å². The van der Waals surface area contributed by atoms with E-state index in [4.69, 9.17) is 0 Å². The number of rotatable bonds is 2. The summed E-state index contributed by atoms with van der Waals surface area (Å²) < 4.78 is 0. The summed E-state index contributed by atoms with van der Waals surface area (Å²) in [6.45, 7) is 0. The van der Waals surface area contributed by atoms with E-state index >= 15 is 0 Å². The Kier molecular flexibility index (Phi) is 2.45. The highest BCUT2D eigenvalue weighted by atomic mass is 16.1. The minimum absolute atomic E-state index is 0.199. The first-order chi connectivity index (χ1) is 7.29. The Bertz CT molecular complexity index is 506. The number of nitrogens with zero attached hydrogens (tertiary/aromatic N) is 2. The standard InChI is InChI=1S/C10H10N4O/c1-11-10-13-8(6-9(15)14-10)7-4-2-3-5-12-7/h2-6H,1H3,(H2,11,13,14,15). The predicted molar refractivity (Wildman–Crippen MR) is 57.6 cm³/mol. The molecule has 5 nitrogen and oxygen atoms in total. The van der Waals surface area contributed by atoms with Gasteiger partial charge in [-0.25, -0.2) is 4.98 Å². The maximum atomic E-state index is 11.3. The molecule has 0 fully saturated rings. The van der Waals surface area contributed by atoms with Crippen LogP contribution in [0.1, 0.15) is 0 Å². The molecule has 0 aliphatic carbocycles. The molecule has 5 heteroatoms. The number of hydrogen-bond acceptors (Lipinski definition) is 4. The number of hydrogen-bond donors (Lipinski definition) is 2. The summed E-state index contributed by atoms with van der Waals surface area (Å²) in [5, 5.41) is 2.78. The molecule has 0 saturated carbocycles. The number of aromatic amines is 1. The van der Waals surface area contributed by atoms with E-state index in [1.807, 2.05) is 12.1 Å². The van der Waals surface area contributed by atoms with E-state index in [1.54, 1.807) is 19.3 Å². The zero-order valence-corrected chi connectivity index (χ0v) is 8.19. The van der Waals surface area contributed by atoms with Crippen LogP contribution in [0.25, 0.3) is 11.4 Å².